The second kappa shape index (κ2) is 10.7. The molecule has 1 rings (SSSR count). The molecule has 0 aromatic rings. The Morgan fingerprint density at radius 3 is 2.50 bits per heavy atom. The first kappa shape index (κ1) is 23.5. The number of allylic oxidation sites excluding steroid dienone is 1. The lowest BCUT2D eigenvalue weighted by Gasteiger charge is -2.39. The first-order valence-electron chi connectivity index (χ1n) is 7.24. The Kier molecular flexibility index (Phi) is 9.63. The van der Waals surface area contributed by atoms with Gasteiger partial charge < -0.3 is 25.2 Å². The molecule has 1 heterocycles. The average Bonchev–Trinajstić information content (AvgIpc) is 2.55. The van der Waals surface area contributed by atoms with Gasteiger partial charge in [0.25, 0.3) is 0 Å². The fraction of sp³-hybridized carbons (Fsp3) is 0.750. The summed E-state index contributed by atoms with van der Waals surface area (Å²) in [6.07, 6.45) is -2.50. The standard InChI is InChI=1S/C12H21NO10S3/c1-25(18)5-3-2-4-8(13-23-26(19,20)21)24-12-11(17)10(16)9(15)7(6-14)22-12/h3,5,7,9-12,14-17H,2,4,6H2,1H3,(H,19,20,21)/t7-,9-,10+,11-,12+,25+/m1/s1. The lowest BCUT2D eigenvalue weighted by atomic mass is 10.0. The van der Waals surface area contributed by atoms with Crippen LogP contribution < -0.4 is 0 Å². The monoisotopic (exact) mass is 435 g/mol. The van der Waals surface area contributed by atoms with Crippen LogP contribution in [0, 0.1) is 0 Å². The van der Waals surface area contributed by atoms with Crippen molar-refractivity contribution in [3.63, 3.8) is 0 Å². The van der Waals surface area contributed by atoms with Crippen molar-refractivity contribution >= 4 is 38.0 Å². The average molecular weight is 435 g/mol. The number of hydrogen-bond donors (Lipinski definition) is 5. The summed E-state index contributed by atoms with van der Waals surface area (Å²) in [5.41, 5.74) is -1.20. The van der Waals surface area contributed by atoms with Crippen LogP contribution in [0.4, 0.5) is 0 Å². The Morgan fingerprint density at radius 1 is 1.31 bits per heavy atom. The van der Waals surface area contributed by atoms with E-state index in [0.717, 1.165) is 0 Å². The van der Waals surface area contributed by atoms with E-state index in [9.17, 15) is 27.9 Å². The largest absolute Gasteiger partial charge is 0.466 e. The minimum Gasteiger partial charge on any atom is -0.394 e. The van der Waals surface area contributed by atoms with Gasteiger partial charge in [-0.25, -0.2) is 4.28 Å². The van der Waals surface area contributed by atoms with E-state index in [1.807, 2.05) is 0 Å². The van der Waals surface area contributed by atoms with Gasteiger partial charge in [-0.05, 0) is 11.8 Å². The van der Waals surface area contributed by atoms with E-state index in [-0.39, 0.29) is 17.9 Å². The Morgan fingerprint density at radius 2 is 1.96 bits per heavy atom. The van der Waals surface area contributed by atoms with Gasteiger partial charge in [-0.2, -0.15) is 8.42 Å². The number of rotatable bonds is 8. The molecular weight excluding hydrogens is 414 g/mol. The molecule has 152 valence electrons. The number of aliphatic hydroxyl groups excluding tert-OH is 4. The lowest BCUT2D eigenvalue weighted by Crippen LogP contribution is -2.57. The molecule has 1 fully saturated rings. The van der Waals surface area contributed by atoms with Gasteiger partial charge in [0.05, 0.1) is 6.61 Å². The summed E-state index contributed by atoms with van der Waals surface area (Å²) in [7, 11) is -6.03. The van der Waals surface area contributed by atoms with Crippen molar-refractivity contribution in [2.75, 3.05) is 12.9 Å². The molecule has 11 nitrogen and oxygen atoms in total. The van der Waals surface area contributed by atoms with E-state index in [1.54, 1.807) is 6.08 Å². The molecule has 6 atom stereocenters. The first-order chi connectivity index (χ1) is 12.0. The summed E-state index contributed by atoms with van der Waals surface area (Å²) in [4.78, 5) is 0. The molecular formula is C12H21NO10S3. The van der Waals surface area contributed by atoms with E-state index in [1.165, 1.54) is 11.7 Å². The molecule has 5 N–H and O–H groups in total. The predicted molar refractivity (Wildman–Crippen MR) is 93.9 cm³/mol. The minimum atomic E-state index is -4.85. The molecule has 0 aliphatic carbocycles. The van der Waals surface area contributed by atoms with Crippen LogP contribution in [-0.2, 0) is 30.2 Å². The topological polar surface area (TPSA) is 183 Å². The molecule has 1 aliphatic heterocycles. The molecule has 26 heavy (non-hydrogen) atoms. The second-order valence-corrected chi connectivity index (χ2v) is 8.66. The lowest BCUT2D eigenvalue weighted by molar-refractivity contribution is -0.205. The number of hydrogen-bond acceptors (Lipinski definition) is 11. The van der Waals surface area contributed by atoms with Crippen LogP contribution in [0.5, 0.6) is 0 Å². The summed E-state index contributed by atoms with van der Waals surface area (Å²) in [5.74, 6) is 0. The van der Waals surface area contributed by atoms with Crippen molar-refractivity contribution in [3.8, 4) is 0 Å². The molecule has 0 aromatic heterocycles. The Balaban J connectivity index is 2.87. The number of thioether (sulfide) groups is 1. The molecule has 1 saturated heterocycles. The number of aliphatic hydroxyl groups is 4. The van der Waals surface area contributed by atoms with Crippen LogP contribution in [0.25, 0.3) is 0 Å². The van der Waals surface area contributed by atoms with Crippen LogP contribution in [0.15, 0.2) is 16.6 Å². The highest BCUT2D eigenvalue weighted by Crippen LogP contribution is 2.30. The molecule has 0 radical (unpaired) electrons. The predicted octanol–water partition coefficient (Wildman–Crippen LogP) is -1.68. The van der Waals surface area contributed by atoms with Crippen LogP contribution in [-0.4, -0.2) is 85.4 Å². The van der Waals surface area contributed by atoms with Crippen molar-refractivity contribution in [2.45, 2.75) is 42.7 Å². The van der Waals surface area contributed by atoms with Crippen molar-refractivity contribution in [3.05, 3.63) is 11.5 Å². The molecule has 0 saturated carbocycles. The molecule has 14 heteroatoms. The van der Waals surface area contributed by atoms with Gasteiger partial charge in [0, 0.05) is 23.5 Å². The minimum absolute atomic E-state index is 0.0292. The van der Waals surface area contributed by atoms with Gasteiger partial charge in [-0.3, -0.25) is 8.76 Å². The third kappa shape index (κ3) is 7.98. The fourth-order valence-electron chi connectivity index (χ4n) is 1.92. The van der Waals surface area contributed by atoms with E-state index in [2.05, 4.69) is 9.44 Å². The maximum Gasteiger partial charge on any atom is 0.466 e. The summed E-state index contributed by atoms with van der Waals surface area (Å²) in [6.45, 7) is -0.624. The fourth-order valence-corrected chi connectivity index (χ4v) is 3.65. The molecule has 0 bridgehead atoms. The molecule has 0 unspecified atom stereocenters. The summed E-state index contributed by atoms with van der Waals surface area (Å²) in [5, 5.41) is 43.3. The maximum absolute atomic E-state index is 11.0. The van der Waals surface area contributed by atoms with E-state index in [0.29, 0.717) is 11.8 Å². The Bertz CT molecular complexity index is 635. The SMILES string of the molecule is C[S@](=O)C=CCCC(=NOS(=O)(=O)O)S[C@@H]1O[C@H](CO)[C@@H](O)[C@H](O)[C@H]1O. The summed E-state index contributed by atoms with van der Waals surface area (Å²) < 4.78 is 50.2. The zero-order valence-electron chi connectivity index (χ0n) is 13.6. The molecule has 0 spiro atoms. The van der Waals surface area contributed by atoms with E-state index < -0.39 is 57.7 Å². The van der Waals surface area contributed by atoms with Gasteiger partial charge in [0.2, 0.25) is 0 Å². The molecule has 1 aliphatic rings. The molecule has 0 aromatic carbocycles. The van der Waals surface area contributed by atoms with Crippen molar-refractivity contribution in [1.29, 1.82) is 0 Å². The highest BCUT2D eigenvalue weighted by molar-refractivity contribution is 8.14. The Labute approximate surface area is 157 Å². The normalized spacial score (nSPS) is 31.9. The highest BCUT2D eigenvalue weighted by atomic mass is 32.3. The number of ether oxygens (including phenoxy) is 1. The highest BCUT2D eigenvalue weighted by Gasteiger charge is 2.44. The van der Waals surface area contributed by atoms with Crippen LogP contribution >= 0.6 is 11.8 Å². The zero-order chi connectivity index (χ0) is 19.9. The van der Waals surface area contributed by atoms with Gasteiger partial charge in [0.15, 0.2) is 0 Å². The van der Waals surface area contributed by atoms with Crippen LogP contribution in [0.2, 0.25) is 0 Å². The third-order valence-electron chi connectivity index (χ3n) is 3.15. The van der Waals surface area contributed by atoms with Gasteiger partial charge >= 0.3 is 10.4 Å². The smallest absolute Gasteiger partial charge is 0.394 e. The van der Waals surface area contributed by atoms with Crippen LogP contribution in [0.3, 0.4) is 0 Å². The summed E-state index contributed by atoms with van der Waals surface area (Å²) >= 11 is 0.683. The van der Waals surface area contributed by atoms with E-state index in [4.69, 9.17) is 14.4 Å². The van der Waals surface area contributed by atoms with Crippen LogP contribution in [0.1, 0.15) is 12.8 Å². The second-order valence-electron chi connectivity index (χ2n) is 5.21. The van der Waals surface area contributed by atoms with Gasteiger partial charge in [-0.1, -0.05) is 23.0 Å². The summed E-state index contributed by atoms with van der Waals surface area (Å²) in [6, 6.07) is 0. The Hall–Kier alpha value is -0.580. The quantitative estimate of drug-likeness (QED) is 0.127. The number of oxime groups is 1. The van der Waals surface area contributed by atoms with E-state index >= 15 is 0 Å². The zero-order valence-corrected chi connectivity index (χ0v) is 16.1. The first-order valence-corrected chi connectivity index (χ1v) is 11.1. The van der Waals surface area contributed by atoms with Crippen molar-refractivity contribution in [2.24, 2.45) is 5.16 Å². The third-order valence-corrected chi connectivity index (χ3v) is 5.16. The van der Waals surface area contributed by atoms with Crippen molar-refractivity contribution in [1.82, 2.24) is 0 Å². The number of nitrogens with zero attached hydrogens (tertiary/aromatic N) is 1. The maximum atomic E-state index is 11.0. The van der Waals surface area contributed by atoms with Gasteiger partial charge in [0.1, 0.15) is 34.9 Å². The van der Waals surface area contributed by atoms with Gasteiger partial charge in [-0.15, -0.1) is 0 Å². The molecule has 0 amide bonds. The van der Waals surface area contributed by atoms with Crippen molar-refractivity contribution < 1.29 is 46.6 Å².